The second kappa shape index (κ2) is 5.12. The zero-order valence-corrected chi connectivity index (χ0v) is 7.77. The fourth-order valence-electron chi connectivity index (χ4n) is 0.946. The van der Waals surface area contributed by atoms with Crippen molar-refractivity contribution in [3.63, 3.8) is 0 Å². The Morgan fingerprint density at radius 2 is 1.83 bits per heavy atom. The van der Waals surface area contributed by atoms with E-state index in [1.165, 1.54) is 12.1 Å². The molecule has 0 aliphatic heterocycles. The summed E-state index contributed by atoms with van der Waals surface area (Å²) in [5.41, 5.74) is 6.72. The van der Waals surface area contributed by atoms with Gasteiger partial charge in [-0.1, -0.05) is 19.1 Å². The van der Waals surface area contributed by atoms with Crippen LogP contribution in [-0.4, -0.2) is 0 Å². The normalized spacial score (nSPS) is 11.9. The predicted octanol–water partition coefficient (Wildman–Crippen LogP) is 2.66. The smallest absolute Gasteiger partial charge is 0.123 e. The Bertz CT molecular complexity index is 222. The molecule has 0 amide bonds. The van der Waals surface area contributed by atoms with Crippen LogP contribution in [0.4, 0.5) is 4.39 Å². The molecule has 0 bridgehead atoms. The molecule has 0 heterocycles. The highest BCUT2D eigenvalue weighted by Crippen LogP contribution is 2.13. The lowest BCUT2D eigenvalue weighted by Crippen LogP contribution is -2.08. The van der Waals surface area contributed by atoms with Crippen molar-refractivity contribution >= 4 is 12.4 Å². The SMILES string of the molecule is CC[C@H](N)c1ccc(F)cc1.Cl. The first-order valence-electron chi connectivity index (χ1n) is 3.75. The molecule has 12 heavy (non-hydrogen) atoms. The van der Waals surface area contributed by atoms with E-state index in [0.717, 1.165) is 12.0 Å². The molecule has 1 atom stereocenters. The third-order valence-corrected chi connectivity index (χ3v) is 1.74. The number of halogens is 2. The number of rotatable bonds is 2. The van der Waals surface area contributed by atoms with Crippen molar-refractivity contribution in [2.45, 2.75) is 19.4 Å². The van der Waals surface area contributed by atoms with E-state index in [4.69, 9.17) is 5.73 Å². The van der Waals surface area contributed by atoms with Gasteiger partial charge in [0.05, 0.1) is 0 Å². The molecule has 1 rings (SSSR count). The Hall–Kier alpha value is -0.600. The van der Waals surface area contributed by atoms with Gasteiger partial charge >= 0.3 is 0 Å². The fourth-order valence-corrected chi connectivity index (χ4v) is 0.946. The summed E-state index contributed by atoms with van der Waals surface area (Å²) in [6, 6.07) is 6.36. The van der Waals surface area contributed by atoms with Crippen LogP contribution in [0.3, 0.4) is 0 Å². The molecule has 0 fully saturated rings. The minimum absolute atomic E-state index is 0. The molecule has 0 saturated carbocycles. The first-order chi connectivity index (χ1) is 5.24. The first-order valence-corrected chi connectivity index (χ1v) is 3.75. The van der Waals surface area contributed by atoms with Gasteiger partial charge in [0.1, 0.15) is 5.82 Å². The molecule has 1 nitrogen and oxygen atoms in total. The monoisotopic (exact) mass is 189 g/mol. The molecule has 0 unspecified atom stereocenters. The number of benzene rings is 1. The molecule has 1 aromatic rings. The number of hydrogen-bond acceptors (Lipinski definition) is 1. The van der Waals surface area contributed by atoms with E-state index in [2.05, 4.69) is 0 Å². The van der Waals surface area contributed by atoms with Crippen molar-refractivity contribution < 1.29 is 4.39 Å². The molecular formula is C9H13ClFN. The van der Waals surface area contributed by atoms with Gasteiger partial charge in [-0.25, -0.2) is 4.39 Å². The highest BCUT2D eigenvalue weighted by Gasteiger charge is 2.01. The molecule has 2 N–H and O–H groups in total. The van der Waals surface area contributed by atoms with Gasteiger partial charge in [-0.3, -0.25) is 0 Å². The molecule has 0 radical (unpaired) electrons. The standard InChI is InChI=1S/C9H12FN.ClH/c1-2-9(11)7-3-5-8(10)6-4-7;/h3-6,9H,2,11H2,1H3;1H/t9-;/m0./s1. The molecule has 0 saturated heterocycles. The lowest BCUT2D eigenvalue weighted by molar-refractivity contribution is 0.623. The second-order valence-corrected chi connectivity index (χ2v) is 2.57. The maximum absolute atomic E-state index is 12.4. The lowest BCUT2D eigenvalue weighted by atomic mass is 10.1. The minimum atomic E-state index is -0.211. The lowest BCUT2D eigenvalue weighted by Gasteiger charge is -2.07. The Balaban J connectivity index is 0.00000121. The number of hydrogen-bond donors (Lipinski definition) is 1. The summed E-state index contributed by atoms with van der Waals surface area (Å²) in [7, 11) is 0. The quantitative estimate of drug-likeness (QED) is 0.761. The average Bonchev–Trinajstić information content (AvgIpc) is 2.05. The molecule has 0 aromatic heterocycles. The summed E-state index contributed by atoms with van der Waals surface area (Å²) >= 11 is 0. The Kier molecular flexibility index (Phi) is 4.86. The van der Waals surface area contributed by atoms with Crippen LogP contribution >= 0.6 is 12.4 Å². The largest absolute Gasteiger partial charge is 0.324 e. The van der Waals surface area contributed by atoms with Gasteiger partial charge in [-0.05, 0) is 24.1 Å². The van der Waals surface area contributed by atoms with E-state index in [9.17, 15) is 4.39 Å². The maximum Gasteiger partial charge on any atom is 0.123 e. The topological polar surface area (TPSA) is 26.0 Å². The zero-order valence-electron chi connectivity index (χ0n) is 6.96. The predicted molar refractivity (Wildman–Crippen MR) is 50.9 cm³/mol. The van der Waals surface area contributed by atoms with Crippen LogP contribution in [0.5, 0.6) is 0 Å². The molecule has 1 aromatic carbocycles. The van der Waals surface area contributed by atoms with Gasteiger partial charge in [-0.2, -0.15) is 0 Å². The molecule has 3 heteroatoms. The third-order valence-electron chi connectivity index (χ3n) is 1.74. The van der Waals surface area contributed by atoms with Crippen molar-refractivity contribution in [1.29, 1.82) is 0 Å². The zero-order chi connectivity index (χ0) is 8.27. The fraction of sp³-hybridized carbons (Fsp3) is 0.333. The summed E-state index contributed by atoms with van der Waals surface area (Å²) in [5.74, 6) is -0.211. The van der Waals surface area contributed by atoms with Gasteiger partial charge in [0.2, 0.25) is 0 Å². The van der Waals surface area contributed by atoms with Crippen LogP contribution in [0, 0.1) is 5.82 Å². The molecule has 0 aliphatic carbocycles. The van der Waals surface area contributed by atoms with Crippen molar-refractivity contribution in [3.05, 3.63) is 35.6 Å². The van der Waals surface area contributed by atoms with Crippen molar-refractivity contribution in [2.75, 3.05) is 0 Å². The van der Waals surface area contributed by atoms with Crippen LogP contribution in [0.2, 0.25) is 0 Å². The van der Waals surface area contributed by atoms with Gasteiger partial charge < -0.3 is 5.73 Å². The van der Waals surface area contributed by atoms with Gasteiger partial charge in [0.15, 0.2) is 0 Å². The van der Waals surface area contributed by atoms with Gasteiger partial charge in [0, 0.05) is 6.04 Å². The summed E-state index contributed by atoms with van der Waals surface area (Å²) < 4.78 is 12.4. The third kappa shape index (κ3) is 2.80. The van der Waals surface area contributed by atoms with E-state index in [0.29, 0.717) is 0 Å². The highest BCUT2D eigenvalue weighted by atomic mass is 35.5. The summed E-state index contributed by atoms with van der Waals surface area (Å²) in [5, 5.41) is 0. The Morgan fingerprint density at radius 1 is 1.33 bits per heavy atom. The van der Waals surface area contributed by atoms with E-state index >= 15 is 0 Å². The minimum Gasteiger partial charge on any atom is -0.324 e. The van der Waals surface area contributed by atoms with Crippen LogP contribution in [0.1, 0.15) is 24.9 Å². The summed E-state index contributed by atoms with van der Waals surface area (Å²) in [6.45, 7) is 2.01. The molecular weight excluding hydrogens is 177 g/mol. The molecule has 0 aliphatic rings. The summed E-state index contributed by atoms with van der Waals surface area (Å²) in [4.78, 5) is 0. The Labute approximate surface area is 78.2 Å². The van der Waals surface area contributed by atoms with Crippen molar-refractivity contribution in [1.82, 2.24) is 0 Å². The number of nitrogens with two attached hydrogens (primary N) is 1. The molecule has 0 spiro atoms. The second-order valence-electron chi connectivity index (χ2n) is 2.57. The maximum atomic E-state index is 12.4. The van der Waals surface area contributed by atoms with Crippen LogP contribution in [0.25, 0.3) is 0 Å². The van der Waals surface area contributed by atoms with Gasteiger partial charge in [-0.15, -0.1) is 12.4 Å². The van der Waals surface area contributed by atoms with E-state index < -0.39 is 0 Å². The Morgan fingerprint density at radius 3 is 2.25 bits per heavy atom. The van der Waals surface area contributed by atoms with Crippen LogP contribution in [-0.2, 0) is 0 Å². The van der Waals surface area contributed by atoms with E-state index in [1.54, 1.807) is 12.1 Å². The van der Waals surface area contributed by atoms with Crippen molar-refractivity contribution in [2.24, 2.45) is 5.73 Å². The van der Waals surface area contributed by atoms with Crippen LogP contribution < -0.4 is 5.73 Å². The van der Waals surface area contributed by atoms with E-state index in [1.807, 2.05) is 6.92 Å². The van der Waals surface area contributed by atoms with Crippen molar-refractivity contribution in [3.8, 4) is 0 Å². The van der Waals surface area contributed by atoms with Gasteiger partial charge in [0.25, 0.3) is 0 Å². The highest BCUT2D eigenvalue weighted by molar-refractivity contribution is 5.85. The molecule has 68 valence electrons. The van der Waals surface area contributed by atoms with Crippen LogP contribution in [0.15, 0.2) is 24.3 Å². The first kappa shape index (κ1) is 11.4. The van der Waals surface area contributed by atoms with E-state index in [-0.39, 0.29) is 24.3 Å². The summed E-state index contributed by atoms with van der Waals surface area (Å²) in [6.07, 6.45) is 0.881. The average molecular weight is 190 g/mol.